The Hall–Kier alpha value is -5.44. The molecule has 0 aliphatic carbocycles. The molecule has 0 bridgehead atoms. The van der Waals surface area contributed by atoms with Crippen molar-refractivity contribution in [3.63, 3.8) is 0 Å². The number of ether oxygens (including phenoxy) is 1. The first-order valence-corrected chi connectivity index (χ1v) is 12.5. The molecular formula is C30H20N6O3. The third-order valence-corrected chi connectivity index (χ3v) is 7.19. The number of hydrogen-bond acceptors (Lipinski definition) is 7. The molecule has 7 aromatic rings. The molecule has 0 radical (unpaired) electrons. The molecule has 1 aliphatic heterocycles. The maximum absolute atomic E-state index is 11.1. The molecule has 1 aliphatic rings. The molecular weight excluding hydrogens is 492 g/mol. The van der Waals surface area contributed by atoms with E-state index in [1.54, 1.807) is 21.8 Å². The number of nitrogens with zero attached hydrogens (tertiary/aromatic N) is 6. The molecule has 0 amide bonds. The largest absolute Gasteiger partial charge is 0.507 e. The molecule has 0 fully saturated rings. The Labute approximate surface area is 221 Å². The van der Waals surface area contributed by atoms with Crippen LogP contribution in [0.3, 0.4) is 0 Å². The van der Waals surface area contributed by atoms with Gasteiger partial charge in [0.1, 0.15) is 17.8 Å². The quantitative estimate of drug-likeness (QED) is 0.309. The Balaban J connectivity index is 1.36. The van der Waals surface area contributed by atoms with Crippen LogP contribution in [0.1, 0.15) is 28.5 Å². The maximum Gasteiger partial charge on any atom is 0.230 e. The monoisotopic (exact) mass is 512 g/mol. The number of aromatic hydroxyl groups is 1. The highest BCUT2D eigenvalue weighted by atomic mass is 16.5. The number of phenolic OH excluding ortho intramolecular Hbond substituents is 1. The Morgan fingerprint density at radius 2 is 1.72 bits per heavy atom. The van der Waals surface area contributed by atoms with E-state index in [1.807, 2.05) is 85.8 Å². The molecule has 0 saturated heterocycles. The first kappa shape index (κ1) is 21.6. The highest BCUT2D eigenvalue weighted by Gasteiger charge is 2.39. The SMILES string of the molecule is Cc1nn(-c2ccccc2)c2c1[C@@H](c1ccco1)c1c(ncn3nc(-c4ccc5ccccc5c4O)nc13)O2. The summed E-state index contributed by atoms with van der Waals surface area (Å²) in [5.74, 6) is 1.83. The van der Waals surface area contributed by atoms with Crippen molar-refractivity contribution in [1.29, 1.82) is 0 Å². The lowest BCUT2D eigenvalue weighted by atomic mass is 9.88. The number of benzene rings is 3. The minimum atomic E-state index is -0.380. The molecule has 5 heterocycles. The second-order valence-electron chi connectivity index (χ2n) is 9.45. The van der Waals surface area contributed by atoms with Crippen LogP contribution in [-0.2, 0) is 0 Å². The van der Waals surface area contributed by atoms with E-state index in [0.717, 1.165) is 33.3 Å². The summed E-state index contributed by atoms with van der Waals surface area (Å²) in [5, 5.41) is 22.3. The summed E-state index contributed by atoms with van der Waals surface area (Å²) in [4.78, 5) is 9.52. The molecule has 4 aromatic heterocycles. The van der Waals surface area contributed by atoms with Crippen LogP contribution < -0.4 is 4.74 Å². The first-order chi connectivity index (χ1) is 19.2. The lowest BCUT2D eigenvalue weighted by Crippen LogP contribution is -2.15. The number of furan rings is 1. The van der Waals surface area contributed by atoms with Crippen molar-refractivity contribution in [3.8, 4) is 34.6 Å². The summed E-state index contributed by atoms with van der Waals surface area (Å²) in [6, 6.07) is 25.1. The van der Waals surface area contributed by atoms with E-state index in [-0.39, 0.29) is 11.7 Å². The summed E-state index contributed by atoms with van der Waals surface area (Å²) < 4.78 is 15.8. The van der Waals surface area contributed by atoms with Crippen molar-refractivity contribution < 1.29 is 14.3 Å². The summed E-state index contributed by atoms with van der Waals surface area (Å²) >= 11 is 0. The number of para-hydroxylation sites is 1. The number of rotatable bonds is 3. The number of hydrogen-bond donors (Lipinski definition) is 1. The highest BCUT2D eigenvalue weighted by molar-refractivity contribution is 5.93. The molecule has 1 atom stereocenters. The summed E-state index contributed by atoms with van der Waals surface area (Å²) in [5.41, 5.74) is 4.35. The zero-order chi connectivity index (χ0) is 26.1. The fraction of sp³-hybridized carbons (Fsp3) is 0.0667. The topological polar surface area (TPSA) is 104 Å². The molecule has 3 aromatic carbocycles. The van der Waals surface area contributed by atoms with E-state index < -0.39 is 0 Å². The first-order valence-electron chi connectivity index (χ1n) is 12.5. The minimum absolute atomic E-state index is 0.131. The summed E-state index contributed by atoms with van der Waals surface area (Å²) in [6.07, 6.45) is 3.22. The van der Waals surface area contributed by atoms with Crippen molar-refractivity contribution in [2.75, 3.05) is 0 Å². The molecule has 1 N–H and O–H groups in total. The molecule has 9 heteroatoms. The third kappa shape index (κ3) is 3.13. The van der Waals surface area contributed by atoms with Gasteiger partial charge >= 0.3 is 0 Å². The van der Waals surface area contributed by atoms with Crippen molar-refractivity contribution in [2.24, 2.45) is 0 Å². The minimum Gasteiger partial charge on any atom is -0.507 e. The van der Waals surface area contributed by atoms with Crippen LogP contribution >= 0.6 is 0 Å². The fourth-order valence-corrected chi connectivity index (χ4v) is 5.41. The van der Waals surface area contributed by atoms with Gasteiger partial charge < -0.3 is 14.3 Å². The maximum atomic E-state index is 11.1. The van der Waals surface area contributed by atoms with Gasteiger partial charge in [0.25, 0.3) is 0 Å². The lowest BCUT2D eigenvalue weighted by molar-refractivity contribution is 0.392. The number of phenols is 1. The predicted molar refractivity (Wildman–Crippen MR) is 143 cm³/mol. The Morgan fingerprint density at radius 1 is 0.872 bits per heavy atom. The average Bonchev–Trinajstić information content (AvgIpc) is 3.72. The van der Waals surface area contributed by atoms with Crippen LogP contribution in [0.25, 0.3) is 33.5 Å². The van der Waals surface area contributed by atoms with Gasteiger partial charge in [-0.2, -0.15) is 5.10 Å². The normalized spacial score (nSPS) is 14.3. The van der Waals surface area contributed by atoms with Gasteiger partial charge in [-0.3, -0.25) is 0 Å². The van der Waals surface area contributed by atoms with Crippen LogP contribution in [0, 0.1) is 6.92 Å². The van der Waals surface area contributed by atoms with Gasteiger partial charge in [0.15, 0.2) is 11.5 Å². The second-order valence-corrected chi connectivity index (χ2v) is 9.45. The molecule has 0 unspecified atom stereocenters. The van der Waals surface area contributed by atoms with Gasteiger partial charge in [0.2, 0.25) is 11.8 Å². The Kier molecular flexibility index (Phi) is 4.45. The van der Waals surface area contributed by atoms with E-state index in [0.29, 0.717) is 34.6 Å². The molecule has 188 valence electrons. The van der Waals surface area contributed by atoms with Gasteiger partial charge in [-0.05, 0) is 42.6 Å². The van der Waals surface area contributed by atoms with Gasteiger partial charge in [0.05, 0.1) is 40.3 Å². The average molecular weight is 513 g/mol. The van der Waals surface area contributed by atoms with Crippen molar-refractivity contribution in [3.05, 3.63) is 114 Å². The van der Waals surface area contributed by atoms with Gasteiger partial charge in [-0.1, -0.05) is 48.5 Å². The summed E-state index contributed by atoms with van der Waals surface area (Å²) in [6.45, 7) is 1.96. The van der Waals surface area contributed by atoms with Gasteiger partial charge in [0, 0.05) is 5.39 Å². The Morgan fingerprint density at radius 3 is 2.56 bits per heavy atom. The fourth-order valence-electron chi connectivity index (χ4n) is 5.41. The predicted octanol–water partition coefficient (Wildman–Crippen LogP) is 6.02. The number of aromatic nitrogens is 6. The van der Waals surface area contributed by atoms with E-state index in [2.05, 4.69) is 10.1 Å². The van der Waals surface area contributed by atoms with E-state index in [9.17, 15) is 5.11 Å². The van der Waals surface area contributed by atoms with Crippen LogP contribution in [0.2, 0.25) is 0 Å². The molecule has 0 saturated carbocycles. The molecule has 0 spiro atoms. The third-order valence-electron chi connectivity index (χ3n) is 7.19. The highest BCUT2D eigenvalue weighted by Crippen LogP contribution is 2.50. The van der Waals surface area contributed by atoms with Gasteiger partial charge in [-0.25, -0.2) is 19.2 Å². The van der Waals surface area contributed by atoms with Crippen LogP contribution in [0.5, 0.6) is 17.5 Å². The van der Waals surface area contributed by atoms with Crippen LogP contribution in [0.4, 0.5) is 0 Å². The standard InChI is InChI=1S/C30H20N6O3/c1-17-23-24(22-12-7-15-38-22)25-28-32-27(21-14-13-18-8-5-6-11-20(18)26(21)37)34-35(28)16-31-29(25)39-30(23)36(33-17)19-9-3-2-4-10-19/h2-16,24,37H,1H3/t24-/m1/s1. The van der Waals surface area contributed by atoms with Crippen LogP contribution in [-0.4, -0.2) is 34.5 Å². The zero-order valence-electron chi connectivity index (χ0n) is 20.7. The van der Waals surface area contributed by atoms with Crippen molar-refractivity contribution in [1.82, 2.24) is 29.4 Å². The summed E-state index contributed by atoms with van der Waals surface area (Å²) in [7, 11) is 0. The Bertz CT molecular complexity index is 2030. The smallest absolute Gasteiger partial charge is 0.230 e. The molecule has 9 nitrogen and oxygen atoms in total. The van der Waals surface area contributed by atoms with E-state index >= 15 is 0 Å². The number of fused-ring (bicyclic) bond motifs is 5. The zero-order valence-corrected chi connectivity index (χ0v) is 20.7. The van der Waals surface area contributed by atoms with Crippen LogP contribution in [0.15, 0.2) is 95.9 Å². The number of aryl methyl sites for hydroxylation is 1. The van der Waals surface area contributed by atoms with Crippen molar-refractivity contribution in [2.45, 2.75) is 12.8 Å². The van der Waals surface area contributed by atoms with E-state index in [4.69, 9.17) is 19.2 Å². The molecule has 39 heavy (non-hydrogen) atoms. The molecule has 8 rings (SSSR count). The lowest BCUT2D eigenvalue weighted by Gasteiger charge is -2.24. The van der Waals surface area contributed by atoms with Crippen molar-refractivity contribution >= 4 is 16.4 Å². The van der Waals surface area contributed by atoms with Gasteiger partial charge in [-0.15, -0.1) is 5.10 Å². The second kappa shape index (κ2) is 8.03. The van der Waals surface area contributed by atoms with E-state index in [1.165, 1.54) is 0 Å².